The SMILES string of the molecule is Cc1cc(CC(=O)Nc2ccc(-c3cccc(F)c3)cn2)cnc1Cl. The molecule has 25 heavy (non-hydrogen) atoms. The number of hydrogen-bond acceptors (Lipinski definition) is 3. The molecular formula is C19H15ClFN3O. The largest absolute Gasteiger partial charge is 0.310 e. The second-order valence-electron chi connectivity index (χ2n) is 5.62. The summed E-state index contributed by atoms with van der Waals surface area (Å²) in [5.41, 5.74) is 3.10. The molecule has 1 N–H and O–H groups in total. The molecule has 3 aromatic rings. The van der Waals surface area contributed by atoms with E-state index in [9.17, 15) is 9.18 Å². The van der Waals surface area contributed by atoms with Crippen LogP contribution in [0.2, 0.25) is 5.15 Å². The Labute approximate surface area is 149 Å². The van der Waals surface area contributed by atoms with Crippen molar-refractivity contribution in [1.29, 1.82) is 0 Å². The molecule has 1 aromatic carbocycles. The number of benzene rings is 1. The van der Waals surface area contributed by atoms with Gasteiger partial charge in [-0.25, -0.2) is 14.4 Å². The monoisotopic (exact) mass is 355 g/mol. The molecule has 6 heteroatoms. The van der Waals surface area contributed by atoms with Crippen LogP contribution >= 0.6 is 11.6 Å². The number of rotatable bonds is 4. The van der Waals surface area contributed by atoms with Gasteiger partial charge in [0.25, 0.3) is 0 Å². The molecule has 0 saturated carbocycles. The minimum absolute atomic E-state index is 0.179. The van der Waals surface area contributed by atoms with Crippen molar-refractivity contribution in [3.63, 3.8) is 0 Å². The van der Waals surface area contributed by atoms with Crippen LogP contribution in [0.4, 0.5) is 10.2 Å². The van der Waals surface area contributed by atoms with E-state index < -0.39 is 0 Å². The molecule has 0 aliphatic rings. The normalized spacial score (nSPS) is 10.5. The first-order chi connectivity index (χ1) is 12.0. The van der Waals surface area contributed by atoms with Crippen LogP contribution in [-0.2, 0) is 11.2 Å². The van der Waals surface area contributed by atoms with Gasteiger partial charge in [-0.2, -0.15) is 0 Å². The van der Waals surface area contributed by atoms with Gasteiger partial charge in [0.05, 0.1) is 6.42 Å². The molecule has 3 rings (SSSR count). The number of anilines is 1. The van der Waals surface area contributed by atoms with Gasteiger partial charge in [-0.15, -0.1) is 0 Å². The summed E-state index contributed by atoms with van der Waals surface area (Å²) in [7, 11) is 0. The van der Waals surface area contributed by atoms with E-state index in [0.29, 0.717) is 11.0 Å². The van der Waals surface area contributed by atoms with E-state index in [1.54, 1.807) is 36.7 Å². The average molecular weight is 356 g/mol. The molecule has 2 heterocycles. The molecule has 126 valence electrons. The lowest BCUT2D eigenvalue weighted by Gasteiger charge is -2.07. The van der Waals surface area contributed by atoms with Gasteiger partial charge >= 0.3 is 0 Å². The van der Waals surface area contributed by atoms with E-state index in [4.69, 9.17) is 11.6 Å². The zero-order chi connectivity index (χ0) is 17.8. The maximum absolute atomic E-state index is 13.3. The fraction of sp³-hybridized carbons (Fsp3) is 0.105. The quantitative estimate of drug-likeness (QED) is 0.704. The Balaban J connectivity index is 1.66. The highest BCUT2D eigenvalue weighted by molar-refractivity contribution is 6.30. The maximum Gasteiger partial charge on any atom is 0.230 e. The molecule has 4 nitrogen and oxygen atoms in total. The summed E-state index contributed by atoms with van der Waals surface area (Å²) < 4.78 is 13.3. The number of carbonyl (C=O) groups is 1. The lowest BCUT2D eigenvalue weighted by atomic mass is 10.1. The fourth-order valence-electron chi connectivity index (χ4n) is 2.39. The highest BCUT2D eigenvalue weighted by Gasteiger charge is 2.08. The lowest BCUT2D eigenvalue weighted by molar-refractivity contribution is -0.115. The number of amides is 1. The second-order valence-corrected chi connectivity index (χ2v) is 5.98. The van der Waals surface area contributed by atoms with E-state index in [0.717, 1.165) is 22.3 Å². The summed E-state index contributed by atoms with van der Waals surface area (Å²) in [6.45, 7) is 1.84. The second kappa shape index (κ2) is 7.40. The third-order valence-corrected chi connectivity index (χ3v) is 4.02. The third kappa shape index (κ3) is 4.39. The molecule has 0 unspecified atom stereocenters. The smallest absolute Gasteiger partial charge is 0.230 e. The van der Waals surface area contributed by atoms with Gasteiger partial charge < -0.3 is 5.32 Å². The van der Waals surface area contributed by atoms with Crippen molar-refractivity contribution in [3.05, 3.63) is 77.0 Å². The summed E-state index contributed by atoms with van der Waals surface area (Å²) in [5.74, 6) is -0.0694. The van der Waals surface area contributed by atoms with E-state index in [1.165, 1.54) is 12.1 Å². The number of pyridine rings is 2. The first-order valence-electron chi connectivity index (χ1n) is 7.64. The lowest BCUT2D eigenvalue weighted by Crippen LogP contribution is -2.15. The summed E-state index contributed by atoms with van der Waals surface area (Å²) >= 11 is 5.88. The van der Waals surface area contributed by atoms with E-state index >= 15 is 0 Å². The number of aromatic nitrogens is 2. The molecule has 0 spiro atoms. The molecule has 0 aliphatic heterocycles. The molecule has 0 aliphatic carbocycles. The third-order valence-electron chi connectivity index (χ3n) is 3.62. The first kappa shape index (κ1) is 17.0. The Hall–Kier alpha value is -2.79. The van der Waals surface area contributed by atoms with Crippen molar-refractivity contribution in [2.75, 3.05) is 5.32 Å². The Morgan fingerprint density at radius 2 is 1.96 bits per heavy atom. The number of halogens is 2. The molecule has 0 atom stereocenters. The van der Waals surface area contributed by atoms with Gasteiger partial charge in [0.15, 0.2) is 0 Å². The number of aryl methyl sites for hydroxylation is 1. The highest BCUT2D eigenvalue weighted by atomic mass is 35.5. The van der Waals surface area contributed by atoms with Crippen molar-refractivity contribution in [1.82, 2.24) is 9.97 Å². The van der Waals surface area contributed by atoms with Crippen LogP contribution in [0.25, 0.3) is 11.1 Å². The minimum Gasteiger partial charge on any atom is -0.310 e. The van der Waals surface area contributed by atoms with Crippen LogP contribution in [0.15, 0.2) is 54.9 Å². The molecule has 0 fully saturated rings. The van der Waals surface area contributed by atoms with Crippen LogP contribution in [-0.4, -0.2) is 15.9 Å². The fourth-order valence-corrected chi connectivity index (χ4v) is 2.50. The molecular weight excluding hydrogens is 341 g/mol. The zero-order valence-corrected chi connectivity index (χ0v) is 14.2. The summed E-state index contributed by atoms with van der Waals surface area (Å²) in [6.07, 6.45) is 3.35. The Morgan fingerprint density at radius 3 is 2.64 bits per heavy atom. The van der Waals surface area contributed by atoms with Crippen LogP contribution in [0.5, 0.6) is 0 Å². The van der Waals surface area contributed by atoms with Crippen LogP contribution < -0.4 is 5.32 Å². The van der Waals surface area contributed by atoms with Crippen LogP contribution in [0.3, 0.4) is 0 Å². The Morgan fingerprint density at radius 1 is 1.12 bits per heavy atom. The van der Waals surface area contributed by atoms with Crippen molar-refractivity contribution >= 4 is 23.3 Å². The number of hydrogen-bond donors (Lipinski definition) is 1. The average Bonchev–Trinajstić information content (AvgIpc) is 2.59. The Bertz CT molecular complexity index is 913. The topological polar surface area (TPSA) is 54.9 Å². The standard InChI is InChI=1S/C19H15ClFN3O/c1-12-7-13(10-23-19(12)20)8-18(25)24-17-6-5-15(11-22-17)14-3-2-4-16(21)9-14/h2-7,9-11H,8H2,1H3,(H,22,24,25). The molecule has 0 saturated heterocycles. The molecule has 0 radical (unpaired) electrons. The van der Waals surface area contributed by atoms with Gasteiger partial charge in [-0.05, 0) is 47.9 Å². The van der Waals surface area contributed by atoms with Gasteiger partial charge in [0.1, 0.15) is 16.8 Å². The van der Waals surface area contributed by atoms with Crippen LogP contribution in [0.1, 0.15) is 11.1 Å². The van der Waals surface area contributed by atoms with E-state index in [-0.39, 0.29) is 18.1 Å². The number of nitrogens with one attached hydrogen (secondary N) is 1. The van der Waals surface area contributed by atoms with Gasteiger partial charge in [0.2, 0.25) is 5.91 Å². The number of carbonyl (C=O) groups excluding carboxylic acids is 1. The number of nitrogens with zero attached hydrogens (tertiary/aromatic N) is 2. The summed E-state index contributed by atoms with van der Waals surface area (Å²) in [5, 5.41) is 3.16. The van der Waals surface area contributed by atoms with Crippen molar-refractivity contribution in [2.45, 2.75) is 13.3 Å². The van der Waals surface area contributed by atoms with Gasteiger partial charge in [-0.1, -0.05) is 29.8 Å². The maximum atomic E-state index is 13.3. The minimum atomic E-state index is -0.304. The van der Waals surface area contributed by atoms with E-state index in [1.807, 2.05) is 13.0 Å². The zero-order valence-electron chi connectivity index (χ0n) is 13.5. The van der Waals surface area contributed by atoms with Crippen LogP contribution in [0, 0.1) is 12.7 Å². The van der Waals surface area contributed by atoms with Gasteiger partial charge in [0, 0.05) is 18.0 Å². The predicted octanol–water partition coefficient (Wildman–Crippen LogP) is 4.43. The molecule has 0 bridgehead atoms. The van der Waals surface area contributed by atoms with Crippen molar-refractivity contribution in [3.8, 4) is 11.1 Å². The van der Waals surface area contributed by atoms with Crippen molar-refractivity contribution in [2.24, 2.45) is 0 Å². The summed E-state index contributed by atoms with van der Waals surface area (Å²) in [6, 6.07) is 11.6. The predicted molar refractivity (Wildman–Crippen MR) is 95.9 cm³/mol. The first-order valence-corrected chi connectivity index (χ1v) is 8.02. The highest BCUT2D eigenvalue weighted by Crippen LogP contribution is 2.20. The van der Waals surface area contributed by atoms with Crippen molar-refractivity contribution < 1.29 is 9.18 Å². The molecule has 1 amide bonds. The van der Waals surface area contributed by atoms with Gasteiger partial charge in [-0.3, -0.25) is 4.79 Å². The Kier molecular flexibility index (Phi) is 5.05. The van der Waals surface area contributed by atoms with E-state index in [2.05, 4.69) is 15.3 Å². The summed E-state index contributed by atoms with van der Waals surface area (Å²) in [4.78, 5) is 20.4. The molecule has 2 aromatic heterocycles.